The van der Waals surface area contributed by atoms with Crippen molar-refractivity contribution in [2.24, 2.45) is 5.41 Å². The average molecular weight is 541 g/mol. The van der Waals surface area contributed by atoms with Crippen molar-refractivity contribution in [3.8, 4) is 12.1 Å². The van der Waals surface area contributed by atoms with Crippen molar-refractivity contribution in [2.45, 2.75) is 43.9 Å². The number of imide groups is 1. The van der Waals surface area contributed by atoms with Gasteiger partial charge in [0.2, 0.25) is 0 Å². The number of carbonyl (C=O) groups is 2. The number of hydrogen-bond acceptors (Lipinski definition) is 7. The first kappa shape index (κ1) is 26.4. The Morgan fingerprint density at radius 1 is 0.974 bits per heavy atom. The molecule has 2 aliphatic rings. The van der Waals surface area contributed by atoms with Crippen LogP contribution >= 0.6 is 11.6 Å². The van der Waals surface area contributed by atoms with Crippen LogP contribution < -0.4 is 4.90 Å². The van der Waals surface area contributed by atoms with Gasteiger partial charge in [0.15, 0.2) is 11.0 Å². The maximum atomic E-state index is 14.7. The molecule has 5 rings (SSSR count). The molecule has 2 heterocycles. The number of anilines is 1. The van der Waals surface area contributed by atoms with Gasteiger partial charge in [-0.15, -0.1) is 0 Å². The molecule has 0 radical (unpaired) electrons. The van der Waals surface area contributed by atoms with Gasteiger partial charge in [0.1, 0.15) is 5.60 Å². The van der Waals surface area contributed by atoms with Crippen LogP contribution in [-0.2, 0) is 15.1 Å². The molecule has 0 aliphatic carbocycles. The molecule has 3 aromatic rings. The summed E-state index contributed by atoms with van der Waals surface area (Å²) >= 11 is 6.32. The van der Waals surface area contributed by atoms with Gasteiger partial charge in [-0.1, -0.05) is 78.3 Å². The predicted molar refractivity (Wildman–Crippen MR) is 143 cm³/mol. The Labute approximate surface area is 231 Å². The molecule has 9 heteroatoms. The molecule has 1 fully saturated rings. The topological polar surface area (TPSA) is 118 Å². The number of nitrogens with zero attached hydrogens (tertiary/aromatic N) is 4. The van der Waals surface area contributed by atoms with E-state index in [1.54, 1.807) is 93.6 Å². The molecule has 1 spiro atoms. The van der Waals surface area contributed by atoms with Crippen molar-refractivity contribution >= 4 is 29.3 Å². The summed E-state index contributed by atoms with van der Waals surface area (Å²) in [7, 11) is 0. The Morgan fingerprint density at radius 3 is 2.08 bits per heavy atom. The minimum absolute atomic E-state index is 0.111. The number of benzene rings is 3. The lowest BCUT2D eigenvalue weighted by Gasteiger charge is -2.36. The van der Waals surface area contributed by atoms with Crippen LogP contribution in [0, 0.1) is 28.1 Å². The molecule has 0 unspecified atom stereocenters. The van der Waals surface area contributed by atoms with E-state index in [1.165, 1.54) is 6.07 Å². The number of amides is 2. The quantitative estimate of drug-likeness (QED) is 0.418. The van der Waals surface area contributed by atoms with Gasteiger partial charge in [-0.25, -0.2) is 9.69 Å². The number of fused-ring (bicyclic) bond motifs is 2. The van der Waals surface area contributed by atoms with E-state index in [2.05, 4.69) is 12.1 Å². The molecule has 0 saturated carbocycles. The van der Waals surface area contributed by atoms with Crippen molar-refractivity contribution in [1.29, 1.82) is 10.5 Å². The fourth-order valence-corrected chi connectivity index (χ4v) is 6.04. The van der Waals surface area contributed by atoms with Gasteiger partial charge < -0.3 is 9.94 Å². The standard InChI is InChI=1S/C30H25ClN4O4/c1-28(2,3)39-27(37)34-23-16-21(31)14-15-22(23)30(26(34)36)24(19-10-6-4-7-11-19)29(17-32,18-33)25(35(30)38)20-12-8-5-9-13-20/h4-16,24-25,38H,1-3H3/t24-,25-,30+/m1/s1. The van der Waals surface area contributed by atoms with Crippen molar-refractivity contribution in [2.75, 3.05) is 4.90 Å². The largest absolute Gasteiger partial charge is 0.443 e. The van der Waals surface area contributed by atoms with Gasteiger partial charge >= 0.3 is 6.09 Å². The summed E-state index contributed by atoms with van der Waals surface area (Å²) in [6, 6.07) is 24.9. The third-order valence-electron chi connectivity index (χ3n) is 7.25. The van der Waals surface area contributed by atoms with Crippen LogP contribution in [0.25, 0.3) is 0 Å². The number of nitriles is 2. The zero-order valence-electron chi connectivity index (χ0n) is 21.5. The van der Waals surface area contributed by atoms with Gasteiger partial charge in [-0.2, -0.15) is 15.6 Å². The van der Waals surface area contributed by atoms with Crippen molar-refractivity contribution in [1.82, 2.24) is 5.06 Å². The third kappa shape index (κ3) is 3.72. The molecule has 1 saturated heterocycles. The molecule has 2 amide bonds. The van der Waals surface area contributed by atoms with E-state index in [4.69, 9.17) is 16.3 Å². The number of hydroxylamine groups is 2. The summed E-state index contributed by atoms with van der Waals surface area (Å²) in [5, 5.41) is 34.6. The Bertz CT molecular complexity index is 1530. The van der Waals surface area contributed by atoms with E-state index < -0.39 is 40.5 Å². The second-order valence-electron chi connectivity index (χ2n) is 10.6. The summed E-state index contributed by atoms with van der Waals surface area (Å²) < 4.78 is 5.58. The van der Waals surface area contributed by atoms with Gasteiger partial charge in [-0.3, -0.25) is 4.79 Å². The first-order valence-electron chi connectivity index (χ1n) is 12.3. The van der Waals surface area contributed by atoms with E-state index in [0.717, 1.165) is 9.96 Å². The molecular weight excluding hydrogens is 516 g/mol. The maximum Gasteiger partial charge on any atom is 0.421 e. The Balaban J connectivity index is 1.88. The first-order valence-corrected chi connectivity index (χ1v) is 12.7. The van der Waals surface area contributed by atoms with Crippen molar-refractivity contribution < 1.29 is 19.5 Å². The molecule has 3 atom stereocenters. The third-order valence-corrected chi connectivity index (χ3v) is 7.48. The zero-order chi connectivity index (χ0) is 28.2. The highest BCUT2D eigenvalue weighted by atomic mass is 35.5. The summed E-state index contributed by atoms with van der Waals surface area (Å²) in [5.74, 6) is -2.06. The van der Waals surface area contributed by atoms with Crippen LogP contribution in [0.2, 0.25) is 5.02 Å². The molecule has 0 aromatic heterocycles. The Hall–Kier alpha value is -4.21. The van der Waals surface area contributed by atoms with E-state index >= 15 is 0 Å². The van der Waals surface area contributed by atoms with E-state index in [1.807, 2.05) is 0 Å². The first-order chi connectivity index (χ1) is 18.5. The smallest absolute Gasteiger partial charge is 0.421 e. The minimum Gasteiger partial charge on any atom is -0.443 e. The van der Waals surface area contributed by atoms with Crippen LogP contribution in [0.15, 0.2) is 78.9 Å². The van der Waals surface area contributed by atoms with Crippen LogP contribution in [-0.4, -0.2) is 27.9 Å². The molecule has 8 nitrogen and oxygen atoms in total. The molecule has 0 bridgehead atoms. The Kier molecular flexibility index (Phi) is 6.24. The highest BCUT2D eigenvalue weighted by molar-refractivity contribution is 6.32. The fraction of sp³-hybridized carbons (Fsp3) is 0.267. The van der Waals surface area contributed by atoms with Gasteiger partial charge in [0, 0.05) is 10.6 Å². The van der Waals surface area contributed by atoms with E-state index in [-0.39, 0.29) is 16.3 Å². The SMILES string of the molecule is CC(C)(C)OC(=O)N1C(=O)[C@]2(c3ccc(Cl)cc31)[C@H](c1ccccc1)C(C#N)(C#N)[C@@H](c1ccccc1)N2O. The lowest BCUT2D eigenvalue weighted by molar-refractivity contribution is -0.189. The van der Waals surface area contributed by atoms with Gasteiger partial charge in [0.25, 0.3) is 5.91 Å². The lowest BCUT2D eigenvalue weighted by Crippen LogP contribution is -2.53. The van der Waals surface area contributed by atoms with Crippen LogP contribution in [0.5, 0.6) is 0 Å². The van der Waals surface area contributed by atoms with Crippen molar-refractivity contribution in [3.05, 3.63) is 101 Å². The summed E-state index contributed by atoms with van der Waals surface area (Å²) in [6.07, 6.45) is -0.962. The molecule has 39 heavy (non-hydrogen) atoms. The van der Waals surface area contributed by atoms with Crippen LogP contribution in [0.1, 0.15) is 49.4 Å². The summed E-state index contributed by atoms with van der Waals surface area (Å²) in [4.78, 5) is 29.0. The number of halogens is 1. The molecule has 1 N–H and O–H groups in total. The summed E-state index contributed by atoms with van der Waals surface area (Å²) in [6.45, 7) is 5.01. The molecule has 196 valence electrons. The van der Waals surface area contributed by atoms with Crippen molar-refractivity contribution in [3.63, 3.8) is 0 Å². The summed E-state index contributed by atoms with van der Waals surface area (Å²) in [5.41, 5.74) is -3.65. The number of carbonyl (C=O) groups excluding carboxylic acids is 2. The van der Waals surface area contributed by atoms with Gasteiger partial charge in [0.05, 0.1) is 29.8 Å². The van der Waals surface area contributed by atoms with Crippen LogP contribution in [0.3, 0.4) is 0 Å². The number of rotatable bonds is 2. The molecule has 2 aliphatic heterocycles. The fourth-order valence-electron chi connectivity index (χ4n) is 5.88. The maximum absolute atomic E-state index is 14.7. The predicted octanol–water partition coefficient (Wildman–Crippen LogP) is 6.08. The number of ether oxygens (including phenoxy) is 1. The zero-order valence-corrected chi connectivity index (χ0v) is 22.3. The Morgan fingerprint density at radius 2 is 1.54 bits per heavy atom. The van der Waals surface area contributed by atoms with Gasteiger partial charge in [-0.05, 0) is 44.0 Å². The number of hydrogen-bond donors (Lipinski definition) is 1. The van der Waals surface area contributed by atoms with E-state index in [9.17, 15) is 25.3 Å². The second kappa shape index (κ2) is 9.21. The monoisotopic (exact) mass is 540 g/mol. The average Bonchev–Trinajstić information content (AvgIpc) is 3.29. The van der Waals surface area contributed by atoms with Crippen LogP contribution in [0.4, 0.5) is 10.5 Å². The second-order valence-corrected chi connectivity index (χ2v) is 11.1. The minimum atomic E-state index is -2.04. The molecule has 3 aromatic carbocycles. The normalized spacial score (nSPS) is 23.8. The van der Waals surface area contributed by atoms with E-state index in [0.29, 0.717) is 11.1 Å². The highest BCUT2D eigenvalue weighted by Gasteiger charge is 2.76. The molecular formula is C30H25ClN4O4. The lowest BCUT2D eigenvalue weighted by atomic mass is 9.63. The highest BCUT2D eigenvalue weighted by Crippen LogP contribution is 2.68.